The molecule has 1 atom stereocenters. The van der Waals surface area contributed by atoms with Crippen LogP contribution in [0.5, 0.6) is 5.75 Å². The summed E-state index contributed by atoms with van der Waals surface area (Å²) in [5.41, 5.74) is -0.0468. The molecule has 2 nitrogen and oxygen atoms in total. The van der Waals surface area contributed by atoms with Crippen molar-refractivity contribution in [1.82, 2.24) is 0 Å². The molecule has 1 saturated heterocycles. The molecule has 2 aliphatic rings. The molecule has 0 radical (unpaired) electrons. The number of benzene rings is 1. The Labute approximate surface area is 171 Å². The maximum absolute atomic E-state index is 12.7. The van der Waals surface area contributed by atoms with Gasteiger partial charge in [0.2, 0.25) is 0 Å². The number of hydrogen-bond acceptors (Lipinski definition) is 2. The molecule has 0 aromatic heterocycles. The molecule has 1 aliphatic carbocycles. The molecule has 0 bridgehead atoms. The summed E-state index contributed by atoms with van der Waals surface area (Å²) < 4.78 is 49.9. The average molecular weight is 338 g/mol. The van der Waals surface area contributed by atoms with Crippen molar-refractivity contribution in [1.29, 1.82) is 0 Å². The molecule has 1 spiro atoms. The molecule has 7 heteroatoms. The van der Waals surface area contributed by atoms with E-state index < -0.39 is 12.4 Å². The Bertz CT molecular complexity index is 532. The Hall–Kier alpha value is 0.471. The third kappa shape index (κ3) is 4.11. The van der Waals surface area contributed by atoms with Crippen LogP contribution in [0.1, 0.15) is 37.7 Å². The maximum Gasteiger partial charge on any atom is 1.00 e. The molecule has 1 aliphatic heterocycles. The average Bonchev–Trinajstić information content (AvgIpc) is 2.38. The van der Waals surface area contributed by atoms with Crippen LogP contribution in [-0.2, 0) is 4.74 Å². The van der Waals surface area contributed by atoms with E-state index in [0.29, 0.717) is 17.9 Å². The van der Waals surface area contributed by atoms with E-state index in [9.17, 15) is 12.9 Å². The number of rotatable bonds is 3. The first-order chi connectivity index (χ1) is 9.88. The zero-order valence-corrected chi connectivity index (χ0v) is 16.2. The molecule has 1 aromatic carbocycles. The van der Waals surface area contributed by atoms with Crippen LogP contribution in [0.3, 0.4) is 0 Å². The van der Waals surface area contributed by atoms with Gasteiger partial charge in [-0.3, -0.25) is 0 Å². The molecule has 22 heavy (non-hydrogen) atoms. The first-order valence-corrected chi connectivity index (χ1v) is 7.49. The molecule has 3 rings (SSSR count). The third-order valence-electron chi connectivity index (χ3n) is 4.58. The van der Waals surface area contributed by atoms with Gasteiger partial charge in [0.25, 0.3) is 0 Å². The smallest absolute Gasteiger partial charge is 0.490 e. The number of aryl methyl sites for hydroxylation is 1. The van der Waals surface area contributed by atoms with E-state index in [2.05, 4.69) is 0 Å². The van der Waals surface area contributed by atoms with Gasteiger partial charge in [-0.15, -0.1) is 5.46 Å². The Kier molecular flexibility index (Phi) is 6.11. The normalized spacial score (nSPS) is 23.5. The van der Waals surface area contributed by atoms with Crippen LogP contribution in [0.2, 0.25) is 0 Å². The van der Waals surface area contributed by atoms with Crippen molar-refractivity contribution >= 4 is 12.4 Å². The second-order valence-corrected chi connectivity index (χ2v) is 6.22. The van der Waals surface area contributed by atoms with E-state index in [0.717, 1.165) is 31.7 Å². The van der Waals surface area contributed by atoms with Crippen molar-refractivity contribution in [2.24, 2.45) is 0 Å². The van der Waals surface area contributed by atoms with Crippen LogP contribution in [0.25, 0.3) is 0 Å². The summed E-state index contributed by atoms with van der Waals surface area (Å²) in [6, 6.07) is 3.73. The molecule has 116 valence electrons. The van der Waals surface area contributed by atoms with Crippen molar-refractivity contribution in [2.75, 3.05) is 6.61 Å². The number of ether oxygens (including phenoxy) is 2. The van der Waals surface area contributed by atoms with Crippen molar-refractivity contribution in [3.63, 3.8) is 0 Å². The molecular weight excluding hydrogens is 319 g/mol. The minimum Gasteiger partial charge on any atom is -0.490 e. The van der Waals surface area contributed by atoms with Gasteiger partial charge in [-0.1, -0.05) is 12.1 Å². The molecule has 0 amide bonds. The Morgan fingerprint density at radius 1 is 1.27 bits per heavy atom. The van der Waals surface area contributed by atoms with E-state index in [1.807, 2.05) is 0 Å². The number of hydrogen-bond donors (Lipinski definition) is 0. The second-order valence-electron chi connectivity index (χ2n) is 6.22. The molecule has 1 unspecified atom stereocenters. The predicted octanol–water partition coefficient (Wildman–Crippen LogP) is 0.534. The van der Waals surface area contributed by atoms with E-state index in [1.165, 1.54) is 18.6 Å². The van der Waals surface area contributed by atoms with Crippen molar-refractivity contribution < 1.29 is 73.8 Å². The Morgan fingerprint density at radius 3 is 2.55 bits per heavy atom. The largest absolute Gasteiger partial charge is 1.00 e. The quantitative estimate of drug-likeness (QED) is 0.749. The SMILES string of the molecule is Cc1cc([B-](F)(F)F)ccc1OC1CCOC2(CCC2)C1.[K+]. The van der Waals surface area contributed by atoms with Gasteiger partial charge in [-0.25, -0.2) is 0 Å². The van der Waals surface area contributed by atoms with Gasteiger partial charge in [0.15, 0.2) is 0 Å². The second kappa shape index (κ2) is 7.15. The summed E-state index contributed by atoms with van der Waals surface area (Å²) in [4.78, 5) is 0. The topological polar surface area (TPSA) is 18.5 Å². The van der Waals surface area contributed by atoms with Crippen LogP contribution in [0.15, 0.2) is 18.2 Å². The predicted molar refractivity (Wildman–Crippen MR) is 76.1 cm³/mol. The summed E-state index contributed by atoms with van der Waals surface area (Å²) in [5.74, 6) is 0.556. The van der Waals surface area contributed by atoms with Crippen LogP contribution >= 0.6 is 0 Å². The van der Waals surface area contributed by atoms with Gasteiger partial charge in [0, 0.05) is 12.8 Å². The Morgan fingerprint density at radius 2 is 2.00 bits per heavy atom. The van der Waals surface area contributed by atoms with Gasteiger partial charge in [0.05, 0.1) is 12.2 Å². The van der Waals surface area contributed by atoms with Crippen LogP contribution < -0.4 is 61.6 Å². The maximum atomic E-state index is 12.7. The van der Waals surface area contributed by atoms with Gasteiger partial charge >= 0.3 is 58.4 Å². The van der Waals surface area contributed by atoms with Crippen LogP contribution in [0.4, 0.5) is 12.9 Å². The van der Waals surface area contributed by atoms with E-state index >= 15 is 0 Å². The van der Waals surface area contributed by atoms with Crippen molar-refractivity contribution in [3.05, 3.63) is 23.8 Å². The van der Waals surface area contributed by atoms with Crippen molar-refractivity contribution in [2.45, 2.75) is 50.7 Å². The number of halogens is 3. The fourth-order valence-corrected chi connectivity index (χ4v) is 3.19. The van der Waals surface area contributed by atoms with Crippen LogP contribution in [-0.4, -0.2) is 25.3 Å². The van der Waals surface area contributed by atoms with Crippen molar-refractivity contribution in [3.8, 4) is 5.75 Å². The van der Waals surface area contributed by atoms with Gasteiger partial charge in [0.1, 0.15) is 11.9 Å². The first-order valence-electron chi connectivity index (χ1n) is 7.49. The summed E-state index contributed by atoms with van der Waals surface area (Å²) in [6.07, 6.45) is 5.01. The standard InChI is InChI=1S/C15H19BF3O2.K/c1-11-9-12(16(17,18)19)3-4-14(11)21-13-5-8-20-15(10-13)6-2-7-15;/h3-4,9,13H,2,5-8,10H2,1H3;/q-1;+1. The monoisotopic (exact) mass is 338 g/mol. The summed E-state index contributed by atoms with van der Waals surface area (Å²) in [5, 5.41) is 0. The fraction of sp³-hybridized carbons (Fsp3) is 0.600. The zero-order valence-electron chi connectivity index (χ0n) is 13.1. The molecule has 1 saturated carbocycles. The molecular formula is C15H19BF3KO2. The van der Waals surface area contributed by atoms with Crippen LogP contribution in [0, 0.1) is 6.92 Å². The Balaban J connectivity index is 0.00000176. The molecule has 1 heterocycles. The van der Waals surface area contributed by atoms with E-state index in [1.54, 1.807) is 6.92 Å². The molecule has 0 N–H and O–H groups in total. The van der Waals surface area contributed by atoms with Gasteiger partial charge in [-0.05, 0) is 37.8 Å². The van der Waals surface area contributed by atoms with Gasteiger partial charge < -0.3 is 22.4 Å². The third-order valence-corrected chi connectivity index (χ3v) is 4.58. The minimum atomic E-state index is -4.95. The minimum absolute atomic E-state index is 0. The fourth-order valence-electron chi connectivity index (χ4n) is 3.19. The van der Waals surface area contributed by atoms with Gasteiger partial charge in [-0.2, -0.15) is 0 Å². The van der Waals surface area contributed by atoms with E-state index in [-0.39, 0.29) is 63.1 Å². The summed E-state index contributed by atoms with van der Waals surface area (Å²) in [6.45, 7) is -2.61. The summed E-state index contributed by atoms with van der Waals surface area (Å²) in [7, 11) is 0. The first kappa shape index (κ1) is 18.8. The molecule has 1 aromatic rings. The summed E-state index contributed by atoms with van der Waals surface area (Å²) >= 11 is 0. The molecule has 2 fully saturated rings. The van der Waals surface area contributed by atoms with E-state index in [4.69, 9.17) is 9.47 Å². The zero-order chi connectivity index (χ0) is 15.1.